The Bertz CT molecular complexity index is 674. The van der Waals surface area contributed by atoms with Crippen molar-refractivity contribution in [2.75, 3.05) is 18.0 Å². The summed E-state index contributed by atoms with van der Waals surface area (Å²) < 4.78 is 0. The number of rotatable bonds is 1. The minimum Gasteiger partial charge on any atom is -0.330 e. The van der Waals surface area contributed by atoms with Crippen LogP contribution >= 0.6 is 24.2 Å². The molecule has 4 rings (SSSR count). The summed E-state index contributed by atoms with van der Waals surface area (Å²) in [5, 5.41) is 3.52. The maximum atomic E-state index is 3.52. The first-order valence-electron chi connectivity index (χ1n) is 7.90. The van der Waals surface area contributed by atoms with E-state index in [1.54, 1.807) is 0 Å². The molecule has 0 bridgehead atoms. The molecule has 0 aromatic heterocycles. The van der Waals surface area contributed by atoms with E-state index in [0.29, 0.717) is 0 Å². The van der Waals surface area contributed by atoms with Crippen LogP contribution in [0.5, 0.6) is 0 Å². The normalized spacial score (nSPS) is 18.3. The van der Waals surface area contributed by atoms with Crippen LogP contribution in [0.1, 0.15) is 20.8 Å². The molecule has 2 aliphatic heterocycles. The van der Waals surface area contributed by atoms with Crippen molar-refractivity contribution in [2.24, 2.45) is 5.41 Å². The van der Waals surface area contributed by atoms with Crippen LogP contribution in [-0.2, 0) is 0 Å². The largest absolute Gasteiger partial charge is 0.330 e. The number of fused-ring (bicyclic) bond motifs is 2. The second-order valence-electron chi connectivity index (χ2n) is 7.26. The van der Waals surface area contributed by atoms with Crippen LogP contribution in [0.3, 0.4) is 0 Å². The molecule has 0 spiro atoms. The lowest BCUT2D eigenvalue weighted by Gasteiger charge is -2.60. The Labute approximate surface area is 149 Å². The van der Waals surface area contributed by atoms with Gasteiger partial charge < -0.3 is 10.2 Å². The smallest absolute Gasteiger partial charge is 0.0748 e. The molecule has 0 radical (unpaired) electrons. The highest BCUT2D eigenvalue weighted by Gasteiger charge is 2.53. The molecule has 1 fully saturated rings. The van der Waals surface area contributed by atoms with E-state index in [9.17, 15) is 0 Å². The van der Waals surface area contributed by atoms with Gasteiger partial charge >= 0.3 is 0 Å². The van der Waals surface area contributed by atoms with Crippen molar-refractivity contribution >= 4 is 35.5 Å². The zero-order chi connectivity index (χ0) is 15.4. The van der Waals surface area contributed by atoms with E-state index >= 15 is 0 Å². The van der Waals surface area contributed by atoms with Crippen LogP contribution in [-0.4, -0.2) is 18.6 Å². The van der Waals surface area contributed by atoms with E-state index in [1.165, 1.54) is 21.2 Å². The lowest BCUT2D eigenvalue weighted by atomic mass is 9.68. The minimum atomic E-state index is 0. The average Bonchev–Trinajstić information content (AvgIpc) is 2.44. The number of anilines is 2. The van der Waals surface area contributed by atoms with E-state index < -0.39 is 0 Å². The van der Waals surface area contributed by atoms with Crippen molar-refractivity contribution in [2.45, 2.75) is 36.1 Å². The van der Waals surface area contributed by atoms with Crippen molar-refractivity contribution in [3.8, 4) is 0 Å². The third-order valence-electron chi connectivity index (χ3n) is 5.09. The van der Waals surface area contributed by atoms with E-state index in [-0.39, 0.29) is 23.4 Å². The Morgan fingerprint density at radius 2 is 1.39 bits per heavy atom. The summed E-state index contributed by atoms with van der Waals surface area (Å²) in [7, 11) is 0. The fourth-order valence-corrected chi connectivity index (χ4v) is 4.61. The standard InChI is InChI=1S/C19H22N2S.ClH/c1-18(2,3)19(12-20-13-19)21-14-8-4-6-10-16(14)22-17-11-7-5-9-15(17)21;/h4-11,20H,12-13H2,1-3H3;1H. The molecule has 23 heavy (non-hydrogen) atoms. The highest BCUT2D eigenvalue weighted by molar-refractivity contribution is 7.99. The number of nitrogens with zero attached hydrogens (tertiary/aromatic N) is 1. The van der Waals surface area contributed by atoms with Gasteiger partial charge in [-0.05, 0) is 29.7 Å². The Morgan fingerprint density at radius 3 is 1.78 bits per heavy atom. The fourth-order valence-electron chi connectivity index (χ4n) is 3.55. The SMILES string of the molecule is CC(C)(C)C1(N2c3ccccc3Sc3ccccc32)CNC1.Cl. The van der Waals surface area contributed by atoms with Gasteiger partial charge in [-0.1, -0.05) is 56.8 Å². The van der Waals surface area contributed by atoms with Crippen LogP contribution < -0.4 is 10.2 Å². The van der Waals surface area contributed by atoms with Gasteiger partial charge in [0.25, 0.3) is 0 Å². The summed E-state index contributed by atoms with van der Waals surface area (Å²) >= 11 is 1.89. The van der Waals surface area contributed by atoms with Crippen LogP contribution in [0.4, 0.5) is 11.4 Å². The number of halogens is 1. The van der Waals surface area contributed by atoms with Crippen molar-refractivity contribution in [3.05, 3.63) is 48.5 Å². The van der Waals surface area contributed by atoms with Gasteiger partial charge in [-0.25, -0.2) is 0 Å². The molecule has 2 nitrogen and oxygen atoms in total. The average molecular weight is 347 g/mol. The molecule has 1 N–H and O–H groups in total. The number of nitrogens with one attached hydrogen (secondary N) is 1. The first-order valence-corrected chi connectivity index (χ1v) is 8.71. The third kappa shape index (κ3) is 2.37. The van der Waals surface area contributed by atoms with E-state index in [0.717, 1.165) is 13.1 Å². The van der Waals surface area contributed by atoms with E-state index in [4.69, 9.17) is 0 Å². The summed E-state index contributed by atoms with van der Waals surface area (Å²) in [5.41, 5.74) is 3.02. The molecule has 2 aromatic rings. The van der Waals surface area contributed by atoms with Gasteiger partial charge in [-0.15, -0.1) is 12.4 Å². The van der Waals surface area contributed by atoms with Crippen molar-refractivity contribution < 1.29 is 0 Å². The molecule has 2 heterocycles. The maximum Gasteiger partial charge on any atom is 0.0748 e. The second-order valence-corrected chi connectivity index (χ2v) is 8.34. The Balaban J connectivity index is 0.00000156. The number of para-hydroxylation sites is 2. The van der Waals surface area contributed by atoms with Gasteiger partial charge in [0, 0.05) is 22.9 Å². The predicted molar refractivity (Wildman–Crippen MR) is 101 cm³/mol. The van der Waals surface area contributed by atoms with Gasteiger partial charge in [-0.3, -0.25) is 0 Å². The highest BCUT2D eigenvalue weighted by atomic mass is 35.5. The molecule has 0 saturated carbocycles. The Hall–Kier alpha value is -1.16. The van der Waals surface area contributed by atoms with Crippen molar-refractivity contribution in [1.29, 1.82) is 0 Å². The summed E-state index contributed by atoms with van der Waals surface area (Å²) in [4.78, 5) is 5.32. The number of hydrogen-bond acceptors (Lipinski definition) is 3. The first kappa shape index (κ1) is 16.7. The molecule has 4 heteroatoms. The maximum absolute atomic E-state index is 3.52. The van der Waals surface area contributed by atoms with Crippen LogP contribution in [0.25, 0.3) is 0 Å². The zero-order valence-electron chi connectivity index (χ0n) is 13.8. The van der Waals surface area contributed by atoms with Gasteiger partial charge in [0.1, 0.15) is 0 Å². The Kier molecular flexibility index (Phi) is 4.16. The van der Waals surface area contributed by atoms with E-state index in [2.05, 4.69) is 79.5 Å². The number of hydrogen-bond donors (Lipinski definition) is 1. The van der Waals surface area contributed by atoms with Crippen LogP contribution in [0.15, 0.2) is 58.3 Å². The summed E-state index contributed by atoms with van der Waals surface area (Å²) in [6.45, 7) is 9.15. The molecule has 1 saturated heterocycles. The topological polar surface area (TPSA) is 15.3 Å². The first-order chi connectivity index (χ1) is 10.5. The molecule has 2 aliphatic rings. The third-order valence-corrected chi connectivity index (χ3v) is 6.22. The Morgan fingerprint density at radius 1 is 0.913 bits per heavy atom. The lowest BCUT2D eigenvalue weighted by Crippen LogP contribution is -2.74. The van der Waals surface area contributed by atoms with Gasteiger partial charge in [-0.2, -0.15) is 0 Å². The quantitative estimate of drug-likeness (QED) is 0.773. The molecule has 0 atom stereocenters. The number of benzene rings is 2. The predicted octanol–water partition coefficient (Wildman–Crippen LogP) is 5.10. The van der Waals surface area contributed by atoms with Crippen LogP contribution in [0.2, 0.25) is 0 Å². The lowest BCUT2D eigenvalue weighted by molar-refractivity contribution is 0.117. The zero-order valence-corrected chi connectivity index (χ0v) is 15.4. The van der Waals surface area contributed by atoms with Gasteiger partial charge in [0.15, 0.2) is 0 Å². The molecule has 0 unspecified atom stereocenters. The van der Waals surface area contributed by atoms with Gasteiger partial charge in [0.2, 0.25) is 0 Å². The van der Waals surface area contributed by atoms with E-state index in [1.807, 2.05) is 11.8 Å². The summed E-state index contributed by atoms with van der Waals surface area (Å²) in [5.74, 6) is 0. The monoisotopic (exact) mass is 346 g/mol. The van der Waals surface area contributed by atoms with Crippen molar-refractivity contribution in [3.63, 3.8) is 0 Å². The van der Waals surface area contributed by atoms with Crippen molar-refractivity contribution in [1.82, 2.24) is 5.32 Å². The molecule has 122 valence electrons. The van der Waals surface area contributed by atoms with Crippen LogP contribution in [0, 0.1) is 5.41 Å². The fraction of sp³-hybridized carbons (Fsp3) is 0.368. The molecule has 2 aromatic carbocycles. The summed E-state index contributed by atoms with van der Waals surface area (Å²) in [6, 6.07) is 17.6. The molecular formula is C19H23ClN2S. The summed E-state index contributed by atoms with van der Waals surface area (Å²) in [6.07, 6.45) is 0. The molecule has 0 amide bonds. The highest BCUT2D eigenvalue weighted by Crippen LogP contribution is 2.54. The molecule has 0 aliphatic carbocycles. The second kappa shape index (κ2) is 5.73. The van der Waals surface area contributed by atoms with Gasteiger partial charge in [0.05, 0.1) is 16.9 Å². The molecular weight excluding hydrogens is 324 g/mol. The minimum absolute atomic E-state index is 0.